The van der Waals surface area contributed by atoms with Gasteiger partial charge in [-0.3, -0.25) is 0 Å². The van der Waals surface area contributed by atoms with E-state index in [0.29, 0.717) is 0 Å². The van der Waals surface area contributed by atoms with Gasteiger partial charge < -0.3 is 4.90 Å². The molecule has 0 aromatic heterocycles. The molecule has 0 aliphatic carbocycles. The van der Waals surface area contributed by atoms with Crippen LogP contribution in [0.15, 0.2) is 48.4 Å². The second kappa shape index (κ2) is 6.30. The molecule has 0 fully saturated rings. The monoisotopic (exact) mass is 177 g/mol. The van der Waals surface area contributed by atoms with Gasteiger partial charge in [0, 0.05) is 18.4 Å². The lowest BCUT2D eigenvalue weighted by atomic mass is 10.3. The van der Waals surface area contributed by atoms with E-state index in [2.05, 4.69) is 30.6 Å². The van der Waals surface area contributed by atoms with Crippen molar-refractivity contribution in [2.45, 2.75) is 20.8 Å². The van der Waals surface area contributed by atoms with Crippen LogP contribution in [0.3, 0.4) is 0 Å². The molecule has 0 unspecified atom stereocenters. The van der Waals surface area contributed by atoms with Crippen LogP contribution in [-0.4, -0.2) is 11.9 Å². The van der Waals surface area contributed by atoms with Crippen LogP contribution < -0.4 is 0 Å². The normalized spacial score (nSPS) is 13.5. The Morgan fingerprint density at radius 2 is 1.92 bits per heavy atom. The Kier molecular flexibility index (Phi) is 5.69. The van der Waals surface area contributed by atoms with E-state index in [-0.39, 0.29) is 0 Å². The molecule has 0 radical (unpaired) electrons. The maximum Gasteiger partial charge on any atom is 0.0401 e. The van der Waals surface area contributed by atoms with E-state index < -0.39 is 0 Å². The van der Waals surface area contributed by atoms with Gasteiger partial charge in [0.05, 0.1) is 0 Å². The van der Waals surface area contributed by atoms with Gasteiger partial charge in [-0.25, -0.2) is 0 Å². The molecule has 0 saturated heterocycles. The first kappa shape index (κ1) is 11.8. The minimum absolute atomic E-state index is 1.15. The Labute approximate surface area is 81.8 Å². The first-order valence-electron chi connectivity index (χ1n) is 4.49. The van der Waals surface area contributed by atoms with E-state index in [4.69, 9.17) is 0 Å². The quantitative estimate of drug-likeness (QED) is 0.594. The maximum atomic E-state index is 3.69. The van der Waals surface area contributed by atoms with Crippen LogP contribution in [0, 0.1) is 0 Å². The van der Waals surface area contributed by atoms with Crippen LogP contribution in [0.5, 0.6) is 0 Å². The molecule has 0 atom stereocenters. The zero-order valence-electron chi connectivity index (χ0n) is 9.04. The molecule has 0 amide bonds. The number of hydrogen-bond donors (Lipinski definition) is 0. The summed E-state index contributed by atoms with van der Waals surface area (Å²) in [6.45, 7) is 9.82. The van der Waals surface area contributed by atoms with Crippen molar-refractivity contribution in [1.82, 2.24) is 4.90 Å². The van der Waals surface area contributed by atoms with E-state index in [1.54, 1.807) is 6.08 Å². The third-order valence-corrected chi connectivity index (χ3v) is 1.96. The Hall–Kier alpha value is -1.24. The van der Waals surface area contributed by atoms with Crippen molar-refractivity contribution in [2.24, 2.45) is 0 Å². The number of hydrogen-bond acceptors (Lipinski definition) is 1. The standard InChI is InChI=1S/C12H19N/c1-6-9-12(10-7-2)13(5)11(4)8-3/h6-10H,1H2,2-5H3/b10-7-,11-8-,12-9+. The fourth-order valence-corrected chi connectivity index (χ4v) is 0.968. The van der Waals surface area contributed by atoms with Crippen LogP contribution in [0.4, 0.5) is 0 Å². The van der Waals surface area contributed by atoms with Crippen LogP contribution >= 0.6 is 0 Å². The summed E-state index contributed by atoms with van der Waals surface area (Å²) in [7, 11) is 2.05. The molecule has 0 aliphatic rings. The zero-order chi connectivity index (χ0) is 10.3. The second-order valence-electron chi connectivity index (χ2n) is 2.82. The number of likely N-dealkylation sites (N-methyl/N-ethyl adjacent to an activating group) is 1. The van der Waals surface area contributed by atoms with Gasteiger partial charge in [-0.05, 0) is 32.9 Å². The molecule has 0 bridgehead atoms. The van der Waals surface area contributed by atoms with Crippen molar-refractivity contribution in [3.8, 4) is 0 Å². The van der Waals surface area contributed by atoms with Crippen LogP contribution in [0.1, 0.15) is 20.8 Å². The number of allylic oxidation sites excluding steroid dienone is 6. The summed E-state index contributed by atoms with van der Waals surface area (Å²) in [4.78, 5) is 2.13. The van der Waals surface area contributed by atoms with Gasteiger partial charge in [-0.1, -0.05) is 24.8 Å². The van der Waals surface area contributed by atoms with Gasteiger partial charge in [-0.15, -0.1) is 0 Å². The third-order valence-electron chi connectivity index (χ3n) is 1.96. The average Bonchev–Trinajstić information content (AvgIpc) is 2.15. The largest absolute Gasteiger partial charge is 0.349 e. The fourth-order valence-electron chi connectivity index (χ4n) is 0.968. The lowest BCUT2D eigenvalue weighted by Gasteiger charge is -2.20. The summed E-state index contributed by atoms with van der Waals surface area (Å²) in [6, 6.07) is 0. The van der Waals surface area contributed by atoms with Gasteiger partial charge in [0.1, 0.15) is 0 Å². The Bertz CT molecular complexity index is 244. The Morgan fingerprint density at radius 3 is 2.31 bits per heavy atom. The van der Waals surface area contributed by atoms with Crippen molar-refractivity contribution in [3.63, 3.8) is 0 Å². The van der Waals surface area contributed by atoms with Crippen molar-refractivity contribution in [2.75, 3.05) is 7.05 Å². The highest BCUT2D eigenvalue weighted by molar-refractivity contribution is 5.24. The van der Waals surface area contributed by atoms with Gasteiger partial charge in [0.2, 0.25) is 0 Å². The molecule has 0 spiro atoms. The van der Waals surface area contributed by atoms with Crippen LogP contribution in [0.2, 0.25) is 0 Å². The highest BCUT2D eigenvalue weighted by Gasteiger charge is 2.00. The molecular weight excluding hydrogens is 158 g/mol. The lowest BCUT2D eigenvalue weighted by Crippen LogP contribution is -2.13. The lowest BCUT2D eigenvalue weighted by molar-refractivity contribution is 0.536. The molecule has 0 aliphatic heterocycles. The van der Waals surface area contributed by atoms with Crippen molar-refractivity contribution in [1.29, 1.82) is 0 Å². The fraction of sp³-hybridized carbons (Fsp3) is 0.333. The van der Waals surface area contributed by atoms with Crippen molar-refractivity contribution >= 4 is 0 Å². The van der Waals surface area contributed by atoms with E-state index in [1.165, 1.54) is 5.70 Å². The minimum Gasteiger partial charge on any atom is -0.349 e. The SMILES string of the molecule is C=C/C=C(\C=C/C)N(C)/C(C)=C\C. The smallest absolute Gasteiger partial charge is 0.0401 e. The van der Waals surface area contributed by atoms with E-state index in [0.717, 1.165) is 5.70 Å². The summed E-state index contributed by atoms with van der Waals surface area (Å²) in [5, 5.41) is 0. The Balaban J connectivity index is 4.75. The molecular formula is C12H19N. The predicted molar refractivity (Wildman–Crippen MR) is 60.3 cm³/mol. The number of nitrogens with zero attached hydrogens (tertiary/aromatic N) is 1. The van der Waals surface area contributed by atoms with Crippen molar-refractivity contribution in [3.05, 3.63) is 48.4 Å². The van der Waals surface area contributed by atoms with Crippen molar-refractivity contribution < 1.29 is 0 Å². The van der Waals surface area contributed by atoms with Crippen LogP contribution in [0.25, 0.3) is 0 Å². The van der Waals surface area contributed by atoms with E-state index in [9.17, 15) is 0 Å². The average molecular weight is 177 g/mol. The summed E-state index contributed by atoms with van der Waals surface area (Å²) in [6.07, 6.45) is 9.96. The predicted octanol–water partition coefficient (Wildman–Crippen LogP) is 3.49. The first-order chi connectivity index (χ1) is 6.17. The highest BCUT2D eigenvalue weighted by Crippen LogP contribution is 2.10. The third kappa shape index (κ3) is 3.79. The minimum atomic E-state index is 1.15. The topological polar surface area (TPSA) is 3.24 Å². The molecule has 0 saturated carbocycles. The molecule has 13 heavy (non-hydrogen) atoms. The molecule has 0 heterocycles. The summed E-state index contributed by atoms with van der Waals surface area (Å²) < 4.78 is 0. The number of rotatable bonds is 4. The van der Waals surface area contributed by atoms with E-state index in [1.807, 2.05) is 33.0 Å². The molecule has 1 heteroatoms. The first-order valence-corrected chi connectivity index (χ1v) is 4.49. The Morgan fingerprint density at radius 1 is 1.31 bits per heavy atom. The summed E-state index contributed by atoms with van der Waals surface area (Å²) >= 11 is 0. The molecule has 1 nitrogen and oxygen atoms in total. The molecule has 0 rings (SSSR count). The zero-order valence-corrected chi connectivity index (χ0v) is 9.04. The molecule has 72 valence electrons. The van der Waals surface area contributed by atoms with Gasteiger partial charge in [-0.2, -0.15) is 0 Å². The summed E-state index contributed by atoms with van der Waals surface area (Å²) in [5.74, 6) is 0. The molecule has 0 aromatic carbocycles. The van der Waals surface area contributed by atoms with Gasteiger partial charge in [0.25, 0.3) is 0 Å². The summed E-state index contributed by atoms with van der Waals surface area (Å²) in [5.41, 5.74) is 2.37. The second-order valence-corrected chi connectivity index (χ2v) is 2.82. The van der Waals surface area contributed by atoms with E-state index >= 15 is 0 Å². The maximum absolute atomic E-state index is 3.69. The highest BCUT2D eigenvalue weighted by atomic mass is 15.1. The molecule has 0 aromatic rings. The van der Waals surface area contributed by atoms with Gasteiger partial charge in [0.15, 0.2) is 0 Å². The molecule has 0 N–H and O–H groups in total. The van der Waals surface area contributed by atoms with Crippen LogP contribution in [-0.2, 0) is 0 Å². The van der Waals surface area contributed by atoms with Gasteiger partial charge >= 0.3 is 0 Å².